The Morgan fingerprint density at radius 1 is 1.40 bits per heavy atom. The Hall–Kier alpha value is -0.670. The molecular formula is C11H12ClF2N. The first-order valence-electron chi connectivity index (χ1n) is 4.91. The van der Waals surface area contributed by atoms with Crippen LogP contribution in [0.5, 0.6) is 0 Å². The zero-order valence-corrected chi connectivity index (χ0v) is 8.90. The maximum absolute atomic E-state index is 13.3. The summed E-state index contributed by atoms with van der Waals surface area (Å²) >= 11 is 5.93. The Labute approximate surface area is 92.4 Å². The number of hydrogen-bond acceptors (Lipinski definition) is 1. The third kappa shape index (κ3) is 2.29. The summed E-state index contributed by atoms with van der Waals surface area (Å²) < 4.78 is 26.6. The van der Waals surface area contributed by atoms with E-state index in [1.54, 1.807) is 18.2 Å². The van der Waals surface area contributed by atoms with Crippen LogP contribution >= 0.6 is 11.6 Å². The highest BCUT2D eigenvalue weighted by Crippen LogP contribution is 2.32. The van der Waals surface area contributed by atoms with Crippen LogP contribution in [0.3, 0.4) is 0 Å². The Morgan fingerprint density at radius 3 is 2.73 bits per heavy atom. The molecule has 0 aliphatic carbocycles. The zero-order chi connectivity index (χ0) is 10.9. The monoisotopic (exact) mass is 231 g/mol. The van der Waals surface area contributed by atoms with Gasteiger partial charge in [-0.3, -0.25) is 0 Å². The summed E-state index contributed by atoms with van der Waals surface area (Å²) in [6.45, 7) is 0.139. The van der Waals surface area contributed by atoms with Gasteiger partial charge in [-0.25, -0.2) is 8.78 Å². The van der Waals surface area contributed by atoms with Gasteiger partial charge >= 0.3 is 0 Å². The molecule has 0 amide bonds. The predicted molar refractivity (Wildman–Crippen MR) is 56.5 cm³/mol. The molecule has 1 heterocycles. The highest BCUT2D eigenvalue weighted by atomic mass is 35.5. The van der Waals surface area contributed by atoms with E-state index in [1.165, 1.54) is 0 Å². The van der Waals surface area contributed by atoms with Crippen molar-refractivity contribution in [3.8, 4) is 0 Å². The second kappa shape index (κ2) is 4.06. The van der Waals surface area contributed by atoms with Gasteiger partial charge in [-0.1, -0.05) is 29.8 Å². The van der Waals surface area contributed by atoms with Gasteiger partial charge in [-0.2, -0.15) is 0 Å². The lowest BCUT2D eigenvalue weighted by molar-refractivity contribution is -0.0212. The fourth-order valence-corrected chi connectivity index (χ4v) is 2.07. The lowest BCUT2D eigenvalue weighted by Crippen LogP contribution is -2.28. The van der Waals surface area contributed by atoms with Crippen molar-refractivity contribution >= 4 is 11.6 Å². The van der Waals surface area contributed by atoms with Crippen molar-refractivity contribution in [2.75, 3.05) is 13.1 Å². The average Bonchev–Trinajstić information content (AvgIpc) is 2.50. The molecule has 4 heteroatoms. The summed E-state index contributed by atoms with van der Waals surface area (Å²) in [5, 5.41) is 3.28. The SMILES string of the molecule is FC1(F)CNCC1Cc1ccccc1Cl. The van der Waals surface area contributed by atoms with E-state index in [-0.39, 0.29) is 6.54 Å². The zero-order valence-electron chi connectivity index (χ0n) is 8.14. The van der Waals surface area contributed by atoms with Crippen LogP contribution in [0.25, 0.3) is 0 Å². The molecule has 0 bridgehead atoms. The van der Waals surface area contributed by atoms with Gasteiger partial charge in [0.05, 0.1) is 6.54 Å². The summed E-state index contributed by atoms with van der Waals surface area (Å²) in [4.78, 5) is 0. The highest BCUT2D eigenvalue weighted by molar-refractivity contribution is 6.31. The summed E-state index contributed by atoms with van der Waals surface area (Å²) in [6.07, 6.45) is 0.333. The van der Waals surface area contributed by atoms with Gasteiger partial charge in [0.1, 0.15) is 0 Å². The van der Waals surface area contributed by atoms with Crippen LogP contribution in [0.4, 0.5) is 8.78 Å². The van der Waals surface area contributed by atoms with Crippen LogP contribution in [0, 0.1) is 5.92 Å². The van der Waals surface area contributed by atoms with E-state index < -0.39 is 11.8 Å². The van der Waals surface area contributed by atoms with E-state index in [9.17, 15) is 8.78 Å². The molecule has 2 rings (SSSR count). The fraction of sp³-hybridized carbons (Fsp3) is 0.455. The van der Waals surface area contributed by atoms with E-state index in [0.717, 1.165) is 5.56 Å². The summed E-state index contributed by atoms with van der Waals surface area (Å²) in [6, 6.07) is 7.16. The number of rotatable bonds is 2. The van der Waals surface area contributed by atoms with Gasteiger partial charge in [0.25, 0.3) is 5.92 Å². The second-order valence-electron chi connectivity index (χ2n) is 3.88. The van der Waals surface area contributed by atoms with Gasteiger partial charge < -0.3 is 5.32 Å². The van der Waals surface area contributed by atoms with E-state index in [4.69, 9.17) is 11.6 Å². The summed E-state index contributed by atoms with van der Waals surface area (Å²) in [7, 11) is 0. The third-order valence-corrected chi connectivity index (χ3v) is 3.14. The molecule has 1 nitrogen and oxygen atoms in total. The lowest BCUT2D eigenvalue weighted by atomic mass is 9.96. The highest BCUT2D eigenvalue weighted by Gasteiger charge is 2.43. The molecule has 15 heavy (non-hydrogen) atoms. The molecule has 0 radical (unpaired) electrons. The molecule has 0 aromatic heterocycles. The van der Waals surface area contributed by atoms with Gasteiger partial charge in [-0.05, 0) is 18.1 Å². The molecule has 82 valence electrons. The first-order valence-corrected chi connectivity index (χ1v) is 5.29. The first kappa shape index (κ1) is 10.8. The average molecular weight is 232 g/mol. The molecule has 0 saturated carbocycles. The molecule has 1 fully saturated rings. The van der Waals surface area contributed by atoms with Crippen LogP contribution in [-0.4, -0.2) is 19.0 Å². The Balaban J connectivity index is 2.12. The standard InChI is InChI=1S/C11H12ClF2N/c12-10-4-2-1-3-8(10)5-9-6-15-7-11(9,13)14/h1-4,9,15H,5-7H2. The minimum Gasteiger partial charge on any atom is -0.311 e. The van der Waals surface area contributed by atoms with Crippen LogP contribution < -0.4 is 5.32 Å². The molecule has 1 aliphatic rings. The van der Waals surface area contributed by atoms with Crippen LogP contribution in [0.2, 0.25) is 5.02 Å². The van der Waals surface area contributed by atoms with Gasteiger partial charge in [0.15, 0.2) is 0 Å². The van der Waals surface area contributed by atoms with E-state index in [1.807, 2.05) is 6.07 Å². The molecule has 1 aliphatic heterocycles. The molecule has 1 unspecified atom stereocenters. The number of hydrogen-bond donors (Lipinski definition) is 1. The Morgan fingerprint density at radius 2 is 2.13 bits per heavy atom. The van der Waals surface area contributed by atoms with Crippen molar-refractivity contribution in [3.05, 3.63) is 34.9 Å². The minimum absolute atomic E-state index is 0.220. The quantitative estimate of drug-likeness (QED) is 0.825. The lowest BCUT2D eigenvalue weighted by Gasteiger charge is -2.18. The summed E-state index contributed by atoms with van der Waals surface area (Å²) in [5.41, 5.74) is 0.799. The third-order valence-electron chi connectivity index (χ3n) is 2.77. The smallest absolute Gasteiger partial charge is 0.264 e. The normalized spacial score (nSPS) is 24.3. The molecule has 1 N–H and O–H groups in total. The van der Waals surface area contributed by atoms with Crippen molar-refractivity contribution in [2.45, 2.75) is 12.3 Å². The molecule has 1 saturated heterocycles. The Kier molecular flexibility index (Phi) is 2.94. The van der Waals surface area contributed by atoms with Crippen molar-refractivity contribution in [2.24, 2.45) is 5.92 Å². The molecule has 1 atom stereocenters. The van der Waals surface area contributed by atoms with Crippen molar-refractivity contribution < 1.29 is 8.78 Å². The predicted octanol–water partition coefficient (Wildman–Crippen LogP) is 2.74. The van der Waals surface area contributed by atoms with Crippen LogP contribution in [0.1, 0.15) is 5.56 Å². The largest absolute Gasteiger partial charge is 0.311 e. The van der Waals surface area contributed by atoms with Crippen molar-refractivity contribution in [1.29, 1.82) is 0 Å². The van der Waals surface area contributed by atoms with E-state index in [0.29, 0.717) is 18.0 Å². The maximum Gasteiger partial charge on any atom is 0.264 e. The Bertz CT molecular complexity index is 354. The number of halogens is 3. The number of nitrogens with one attached hydrogen (secondary N) is 1. The topological polar surface area (TPSA) is 12.0 Å². The summed E-state index contributed by atoms with van der Waals surface area (Å²) in [5.74, 6) is -3.25. The molecule has 1 aromatic carbocycles. The van der Waals surface area contributed by atoms with Gasteiger partial charge in [-0.15, -0.1) is 0 Å². The molecular weight excluding hydrogens is 220 g/mol. The van der Waals surface area contributed by atoms with Crippen molar-refractivity contribution in [3.63, 3.8) is 0 Å². The number of benzene rings is 1. The number of alkyl halides is 2. The van der Waals surface area contributed by atoms with Crippen molar-refractivity contribution in [1.82, 2.24) is 5.32 Å². The van der Waals surface area contributed by atoms with E-state index in [2.05, 4.69) is 5.32 Å². The molecule has 0 spiro atoms. The van der Waals surface area contributed by atoms with Crippen LogP contribution in [0.15, 0.2) is 24.3 Å². The first-order chi connectivity index (χ1) is 7.09. The second-order valence-corrected chi connectivity index (χ2v) is 4.29. The van der Waals surface area contributed by atoms with Gasteiger partial charge in [0.2, 0.25) is 0 Å². The fourth-order valence-electron chi connectivity index (χ4n) is 1.86. The maximum atomic E-state index is 13.3. The van der Waals surface area contributed by atoms with Gasteiger partial charge in [0, 0.05) is 17.5 Å². The molecule has 1 aromatic rings. The van der Waals surface area contributed by atoms with Crippen LogP contribution in [-0.2, 0) is 6.42 Å². The minimum atomic E-state index is -2.61. The van der Waals surface area contributed by atoms with E-state index >= 15 is 0 Å².